The number of aryl methyl sites for hydroxylation is 1. The summed E-state index contributed by atoms with van der Waals surface area (Å²) in [6.07, 6.45) is 7.42. The van der Waals surface area contributed by atoms with E-state index in [0.29, 0.717) is 17.4 Å². The average molecular weight is 460 g/mol. The van der Waals surface area contributed by atoms with E-state index in [1.807, 2.05) is 7.05 Å². The predicted octanol–water partition coefficient (Wildman–Crippen LogP) is 3.08. The van der Waals surface area contributed by atoms with E-state index in [-0.39, 0.29) is 24.0 Å². The topological polar surface area (TPSA) is 67.1 Å². The third-order valence-corrected chi connectivity index (χ3v) is 5.55. The monoisotopic (exact) mass is 460 g/mol. The van der Waals surface area contributed by atoms with Gasteiger partial charge in [0, 0.05) is 38.5 Å². The second kappa shape index (κ2) is 8.68. The number of nitrogens with one attached hydrogen (secondary N) is 2. The molecule has 6 nitrogen and oxygen atoms in total. The Balaban J connectivity index is 0.00000225. The van der Waals surface area contributed by atoms with E-state index in [1.165, 1.54) is 25.7 Å². The second-order valence-corrected chi connectivity index (χ2v) is 8.06. The summed E-state index contributed by atoms with van der Waals surface area (Å²) in [5.41, 5.74) is 0.427. The molecule has 0 aromatic carbocycles. The minimum absolute atomic E-state index is 0. The molecular formula is C18H33IN6. The normalized spacial score (nSPS) is 22.4. The van der Waals surface area contributed by atoms with Crippen LogP contribution in [0.2, 0.25) is 0 Å². The molecule has 0 bridgehead atoms. The Hall–Kier alpha value is -0.860. The molecule has 1 aliphatic heterocycles. The second-order valence-electron chi connectivity index (χ2n) is 8.06. The zero-order valence-corrected chi connectivity index (χ0v) is 18.3. The van der Waals surface area contributed by atoms with Crippen LogP contribution in [0.15, 0.2) is 4.99 Å². The first-order valence-corrected chi connectivity index (χ1v) is 9.40. The van der Waals surface area contributed by atoms with E-state index in [9.17, 15) is 0 Å². The first kappa shape index (κ1) is 20.5. The van der Waals surface area contributed by atoms with Crippen LogP contribution in [0, 0.1) is 5.41 Å². The Labute approximate surface area is 168 Å². The molecule has 2 N–H and O–H groups in total. The van der Waals surface area contributed by atoms with Crippen LogP contribution < -0.4 is 10.6 Å². The highest BCUT2D eigenvalue weighted by atomic mass is 127. The number of aliphatic imine (C=N–C) groups is 1. The Kier molecular flexibility index (Phi) is 7.10. The highest BCUT2D eigenvalue weighted by molar-refractivity contribution is 14.0. The lowest BCUT2D eigenvalue weighted by atomic mass is 9.89. The maximum absolute atomic E-state index is 4.43. The van der Waals surface area contributed by atoms with Gasteiger partial charge in [-0.3, -0.25) is 4.99 Å². The molecular weight excluding hydrogens is 427 g/mol. The van der Waals surface area contributed by atoms with Crippen molar-refractivity contribution in [3.8, 4) is 0 Å². The zero-order chi connectivity index (χ0) is 17.2. The van der Waals surface area contributed by atoms with E-state index in [1.54, 1.807) is 0 Å². The fourth-order valence-corrected chi connectivity index (χ4v) is 3.98. The van der Waals surface area contributed by atoms with Gasteiger partial charge in [0.05, 0.1) is 0 Å². The van der Waals surface area contributed by atoms with Crippen molar-refractivity contribution in [2.24, 2.45) is 10.4 Å². The van der Waals surface area contributed by atoms with E-state index in [4.69, 9.17) is 0 Å². The predicted molar refractivity (Wildman–Crippen MR) is 113 cm³/mol. The van der Waals surface area contributed by atoms with Crippen LogP contribution >= 0.6 is 24.0 Å². The summed E-state index contributed by atoms with van der Waals surface area (Å²) in [5, 5.41) is 15.9. The number of fused-ring (bicyclic) bond motifs is 1. The van der Waals surface area contributed by atoms with Crippen molar-refractivity contribution in [3.63, 3.8) is 0 Å². The molecule has 2 heterocycles. The fourth-order valence-electron chi connectivity index (χ4n) is 3.98. The number of aromatic nitrogens is 3. The van der Waals surface area contributed by atoms with E-state index in [2.05, 4.69) is 51.2 Å². The number of hydrogen-bond acceptors (Lipinski definition) is 3. The van der Waals surface area contributed by atoms with Crippen molar-refractivity contribution in [3.05, 3.63) is 11.6 Å². The molecule has 25 heavy (non-hydrogen) atoms. The molecule has 1 atom stereocenters. The van der Waals surface area contributed by atoms with E-state index >= 15 is 0 Å². The molecule has 1 unspecified atom stereocenters. The molecule has 1 aromatic rings. The van der Waals surface area contributed by atoms with Gasteiger partial charge in [-0.15, -0.1) is 34.2 Å². The van der Waals surface area contributed by atoms with Crippen LogP contribution in [0.3, 0.4) is 0 Å². The molecule has 142 valence electrons. The smallest absolute Gasteiger partial charge is 0.191 e. The van der Waals surface area contributed by atoms with Gasteiger partial charge in [-0.05, 0) is 24.7 Å². The lowest BCUT2D eigenvalue weighted by Gasteiger charge is -2.29. The Morgan fingerprint density at radius 3 is 2.68 bits per heavy atom. The minimum atomic E-state index is 0. The first-order valence-electron chi connectivity index (χ1n) is 9.40. The number of hydrogen-bond donors (Lipinski definition) is 2. The maximum Gasteiger partial charge on any atom is 0.191 e. The fraction of sp³-hybridized carbons (Fsp3) is 0.833. The minimum Gasteiger partial charge on any atom is -0.356 e. The van der Waals surface area contributed by atoms with Gasteiger partial charge in [0.2, 0.25) is 0 Å². The lowest BCUT2D eigenvalue weighted by molar-refractivity contribution is 0.331. The van der Waals surface area contributed by atoms with Gasteiger partial charge >= 0.3 is 0 Å². The third kappa shape index (κ3) is 4.86. The molecule has 1 fully saturated rings. The summed E-state index contributed by atoms with van der Waals surface area (Å²) in [7, 11) is 1.86. The summed E-state index contributed by atoms with van der Waals surface area (Å²) in [4.78, 5) is 4.43. The molecule has 1 aromatic heterocycles. The molecule has 7 heteroatoms. The van der Waals surface area contributed by atoms with Crippen LogP contribution in [-0.4, -0.2) is 40.4 Å². The summed E-state index contributed by atoms with van der Waals surface area (Å²) >= 11 is 0. The number of guanidine groups is 1. The van der Waals surface area contributed by atoms with Gasteiger partial charge < -0.3 is 15.2 Å². The molecule has 0 saturated heterocycles. The van der Waals surface area contributed by atoms with Crippen LogP contribution in [-0.2, 0) is 13.0 Å². The van der Waals surface area contributed by atoms with Crippen LogP contribution in [0.1, 0.15) is 70.4 Å². The van der Waals surface area contributed by atoms with Gasteiger partial charge in [-0.1, -0.05) is 33.6 Å². The maximum atomic E-state index is 4.43. The van der Waals surface area contributed by atoms with Crippen molar-refractivity contribution in [1.29, 1.82) is 0 Å². The Morgan fingerprint density at radius 2 is 2.04 bits per heavy atom. The molecule has 2 aliphatic rings. The molecule has 0 spiro atoms. The zero-order valence-electron chi connectivity index (χ0n) is 16.0. The SMILES string of the molecule is CN=C(NCC1(C)CCCC1)NC1CCc2nnc(C(C)C)n2C1.I. The summed E-state index contributed by atoms with van der Waals surface area (Å²) in [6, 6.07) is 0.383. The molecule has 0 radical (unpaired) electrons. The van der Waals surface area contributed by atoms with Gasteiger partial charge in [-0.2, -0.15) is 0 Å². The van der Waals surface area contributed by atoms with E-state index in [0.717, 1.165) is 43.5 Å². The molecule has 0 amide bonds. The summed E-state index contributed by atoms with van der Waals surface area (Å²) < 4.78 is 2.29. The number of rotatable bonds is 4. The quantitative estimate of drug-likeness (QED) is 0.412. The largest absolute Gasteiger partial charge is 0.356 e. The number of nitrogens with zero attached hydrogens (tertiary/aromatic N) is 4. The van der Waals surface area contributed by atoms with Gasteiger partial charge in [-0.25, -0.2) is 0 Å². The number of halogens is 1. The van der Waals surface area contributed by atoms with Gasteiger partial charge in [0.1, 0.15) is 11.6 Å². The van der Waals surface area contributed by atoms with Crippen molar-refractivity contribution < 1.29 is 0 Å². The Bertz CT molecular complexity index is 588. The van der Waals surface area contributed by atoms with Crippen LogP contribution in [0.25, 0.3) is 0 Å². The molecule has 3 rings (SSSR count). The standard InChI is InChI=1S/C18H32N6.HI/c1-13(2)16-23-22-15-8-7-14(11-24(15)16)21-17(19-4)20-12-18(3)9-5-6-10-18;/h13-14H,5-12H2,1-4H3,(H2,19,20,21);1H. The molecule has 1 saturated carbocycles. The first-order chi connectivity index (χ1) is 11.5. The van der Waals surface area contributed by atoms with Crippen molar-refractivity contribution in [2.45, 2.75) is 77.8 Å². The van der Waals surface area contributed by atoms with Crippen molar-refractivity contribution in [1.82, 2.24) is 25.4 Å². The van der Waals surface area contributed by atoms with Crippen molar-refractivity contribution >= 4 is 29.9 Å². The van der Waals surface area contributed by atoms with Crippen molar-refractivity contribution in [2.75, 3.05) is 13.6 Å². The summed E-state index contributed by atoms with van der Waals surface area (Å²) in [6.45, 7) is 8.68. The highest BCUT2D eigenvalue weighted by Crippen LogP contribution is 2.36. The third-order valence-electron chi connectivity index (χ3n) is 5.55. The summed E-state index contributed by atoms with van der Waals surface area (Å²) in [5.74, 6) is 3.55. The Morgan fingerprint density at radius 1 is 1.32 bits per heavy atom. The van der Waals surface area contributed by atoms with Gasteiger partial charge in [0.25, 0.3) is 0 Å². The average Bonchev–Trinajstić information content (AvgIpc) is 3.17. The lowest BCUT2D eigenvalue weighted by Crippen LogP contribution is -2.49. The van der Waals surface area contributed by atoms with Crippen LogP contribution in [0.5, 0.6) is 0 Å². The van der Waals surface area contributed by atoms with Crippen LogP contribution in [0.4, 0.5) is 0 Å². The van der Waals surface area contributed by atoms with Gasteiger partial charge in [0.15, 0.2) is 5.96 Å². The highest BCUT2D eigenvalue weighted by Gasteiger charge is 2.29. The van der Waals surface area contributed by atoms with E-state index < -0.39 is 0 Å². The molecule has 1 aliphatic carbocycles.